The number of thioether (sulfide) groups is 1. The largest absolute Gasteiger partial charge is 0.497 e. The molecule has 0 saturated carbocycles. The Morgan fingerprint density at radius 3 is 2.71 bits per heavy atom. The van der Waals surface area contributed by atoms with E-state index in [1.807, 2.05) is 61.0 Å². The molecule has 0 bridgehead atoms. The van der Waals surface area contributed by atoms with Crippen LogP contribution in [0.5, 0.6) is 5.75 Å². The van der Waals surface area contributed by atoms with E-state index in [0.717, 1.165) is 11.4 Å². The van der Waals surface area contributed by atoms with Crippen molar-refractivity contribution in [1.29, 1.82) is 0 Å². The van der Waals surface area contributed by atoms with Crippen molar-refractivity contribution in [3.8, 4) is 5.75 Å². The van der Waals surface area contributed by atoms with E-state index in [1.54, 1.807) is 13.2 Å². The molecule has 2 heterocycles. The number of amides is 1. The Bertz CT molecular complexity index is 1000. The minimum Gasteiger partial charge on any atom is -0.497 e. The van der Waals surface area contributed by atoms with Crippen LogP contribution in [-0.4, -0.2) is 33.1 Å². The normalized spacial score (nSPS) is 18.1. The topological polar surface area (TPSA) is 81.1 Å². The van der Waals surface area contributed by atoms with Gasteiger partial charge in [0.2, 0.25) is 11.1 Å². The second-order valence-electron chi connectivity index (χ2n) is 6.64. The van der Waals surface area contributed by atoms with Crippen LogP contribution in [0.4, 0.5) is 5.69 Å². The summed E-state index contributed by atoms with van der Waals surface area (Å²) in [4.78, 5) is 13.2. The molecule has 144 valence electrons. The van der Waals surface area contributed by atoms with Gasteiger partial charge in [-0.15, -0.1) is 10.2 Å². The van der Waals surface area contributed by atoms with Crippen molar-refractivity contribution in [2.24, 2.45) is 0 Å². The van der Waals surface area contributed by atoms with Crippen LogP contribution >= 0.6 is 11.8 Å². The van der Waals surface area contributed by atoms with E-state index in [-0.39, 0.29) is 11.9 Å². The highest BCUT2D eigenvalue weighted by Crippen LogP contribution is 2.37. The number of hydrogen-bond donors (Lipinski definition) is 2. The average Bonchev–Trinajstić information content (AvgIpc) is 3.08. The predicted molar refractivity (Wildman–Crippen MR) is 109 cm³/mol. The number of fused-ring (bicyclic) bond motifs is 1. The van der Waals surface area contributed by atoms with E-state index < -0.39 is 5.25 Å². The maximum Gasteiger partial charge on any atom is 0.240 e. The molecule has 1 amide bonds. The first-order valence-corrected chi connectivity index (χ1v) is 9.80. The Morgan fingerprint density at radius 2 is 1.96 bits per heavy atom. The van der Waals surface area contributed by atoms with Crippen LogP contribution < -0.4 is 15.5 Å². The molecule has 1 aliphatic rings. The fraction of sp³-hybridized carbons (Fsp3) is 0.250. The average molecular weight is 395 g/mol. The second kappa shape index (κ2) is 7.55. The van der Waals surface area contributed by atoms with Crippen molar-refractivity contribution >= 4 is 23.4 Å². The summed E-state index contributed by atoms with van der Waals surface area (Å²) in [6.07, 6.45) is 0. The Kier molecular flexibility index (Phi) is 4.95. The molecule has 0 saturated heterocycles. The fourth-order valence-electron chi connectivity index (χ4n) is 3.10. The zero-order chi connectivity index (χ0) is 19.7. The van der Waals surface area contributed by atoms with Crippen molar-refractivity contribution in [3.05, 3.63) is 65.5 Å². The van der Waals surface area contributed by atoms with Crippen LogP contribution in [0.15, 0.2) is 53.7 Å². The summed E-state index contributed by atoms with van der Waals surface area (Å²) in [6.45, 7) is 3.93. The van der Waals surface area contributed by atoms with Gasteiger partial charge in [-0.3, -0.25) is 4.79 Å². The Balaban J connectivity index is 1.65. The summed E-state index contributed by atoms with van der Waals surface area (Å²) in [5, 5.41) is 11.6. The summed E-state index contributed by atoms with van der Waals surface area (Å²) in [5.41, 5.74) is 6.30. The first-order chi connectivity index (χ1) is 13.5. The highest BCUT2D eigenvalue weighted by Gasteiger charge is 2.37. The molecular weight excluding hydrogens is 374 g/mol. The molecule has 0 fully saturated rings. The third-order valence-electron chi connectivity index (χ3n) is 4.63. The maximum atomic E-state index is 13.2. The van der Waals surface area contributed by atoms with Crippen molar-refractivity contribution < 1.29 is 9.53 Å². The zero-order valence-corrected chi connectivity index (χ0v) is 16.7. The number of rotatable bonds is 4. The van der Waals surface area contributed by atoms with Gasteiger partial charge in [0.25, 0.3) is 0 Å². The number of ether oxygens (including phenoxy) is 1. The molecule has 28 heavy (non-hydrogen) atoms. The molecule has 4 rings (SSSR count). The van der Waals surface area contributed by atoms with Gasteiger partial charge >= 0.3 is 0 Å². The lowest BCUT2D eigenvalue weighted by molar-refractivity contribution is -0.116. The summed E-state index contributed by atoms with van der Waals surface area (Å²) >= 11 is 1.41. The molecule has 1 aromatic heterocycles. The molecule has 3 aromatic rings. The molecule has 1 aliphatic heterocycles. The van der Waals surface area contributed by atoms with Crippen molar-refractivity contribution in [2.45, 2.75) is 30.3 Å². The molecule has 2 N–H and O–H groups in total. The van der Waals surface area contributed by atoms with E-state index in [2.05, 4.69) is 20.9 Å². The van der Waals surface area contributed by atoms with Gasteiger partial charge in [-0.1, -0.05) is 47.7 Å². The second-order valence-corrected chi connectivity index (χ2v) is 7.75. The zero-order valence-electron chi connectivity index (χ0n) is 15.8. The third kappa shape index (κ3) is 3.55. The van der Waals surface area contributed by atoms with Crippen molar-refractivity contribution in [1.82, 2.24) is 14.9 Å². The number of aryl methyl sites for hydroxylation is 2. The first-order valence-electron chi connectivity index (χ1n) is 8.92. The van der Waals surface area contributed by atoms with Gasteiger partial charge in [-0.05, 0) is 31.5 Å². The predicted octanol–water partition coefficient (Wildman–Crippen LogP) is 3.30. The number of carbonyl (C=O) groups is 1. The van der Waals surface area contributed by atoms with Crippen molar-refractivity contribution in [2.75, 3.05) is 17.9 Å². The molecule has 0 unspecified atom stereocenters. The summed E-state index contributed by atoms with van der Waals surface area (Å²) in [6, 6.07) is 15.3. The van der Waals surface area contributed by atoms with E-state index in [1.165, 1.54) is 17.3 Å². The standard InChI is InChI=1S/C20H21N5O2S/c1-12-7-9-14(10-8-12)17-18(28-20-23-22-13(2)25(20)24-17)19(26)21-15-5-4-6-16(11-15)27-3/h4-11,17-18,24H,1-3H3,(H,21,26)/t17-,18+/m1/s1. The molecular formula is C20H21N5O2S. The summed E-state index contributed by atoms with van der Waals surface area (Å²) in [7, 11) is 1.60. The van der Waals surface area contributed by atoms with Crippen LogP contribution in [0, 0.1) is 13.8 Å². The minimum atomic E-state index is -0.412. The Hall–Kier alpha value is -3.00. The third-order valence-corrected chi connectivity index (χ3v) is 5.85. The quantitative estimate of drug-likeness (QED) is 0.706. The van der Waals surface area contributed by atoms with Gasteiger partial charge in [0.05, 0.1) is 13.2 Å². The lowest BCUT2D eigenvalue weighted by Crippen LogP contribution is -2.41. The number of nitrogens with zero attached hydrogens (tertiary/aromatic N) is 3. The summed E-state index contributed by atoms with van der Waals surface area (Å²) < 4.78 is 7.08. The highest BCUT2D eigenvalue weighted by atomic mass is 32.2. The van der Waals surface area contributed by atoms with Gasteiger partial charge in [0.15, 0.2) is 0 Å². The molecule has 7 nitrogen and oxygen atoms in total. The molecule has 2 aromatic carbocycles. The fourth-order valence-corrected chi connectivity index (χ4v) is 4.22. The van der Waals surface area contributed by atoms with Gasteiger partial charge in [0.1, 0.15) is 16.8 Å². The Labute approximate surface area is 167 Å². The number of methoxy groups -OCH3 is 1. The van der Waals surface area contributed by atoms with E-state index in [0.29, 0.717) is 16.6 Å². The molecule has 2 atom stereocenters. The van der Waals surface area contributed by atoms with E-state index >= 15 is 0 Å². The monoisotopic (exact) mass is 395 g/mol. The van der Waals surface area contributed by atoms with Crippen LogP contribution in [0.25, 0.3) is 0 Å². The molecule has 0 spiro atoms. The molecule has 8 heteroatoms. The lowest BCUT2D eigenvalue weighted by atomic mass is 10.0. The Morgan fingerprint density at radius 1 is 1.18 bits per heavy atom. The smallest absolute Gasteiger partial charge is 0.240 e. The van der Waals surface area contributed by atoms with Gasteiger partial charge in [-0.2, -0.15) is 0 Å². The number of hydrogen-bond acceptors (Lipinski definition) is 6. The maximum absolute atomic E-state index is 13.2. The lowest BCUT2D eigenvalue weighted by Gasteiger charge is -2.32. The van der Waals surface area contributed by atoms with Gasteiger partial charge < -0.3 is 15.5 Å². The van der Waals surface area contributed by atoms with Crippen molar-refractivity contribution in [3.63, 3.8) is 0 Å². The number of carbonyl (C=O) groups excluding carboxylic acids is 1. The van der Waals surface area contributed by atoms with Crippen LogP contribution in [0.3, 0.4) is 0 Å². The van der Waals surface area contributed by atoms with Crippen LogP contribution in [-0.2, 0) is 4.79 Å². The summed E-state index contributed by atoms with van der Waals surface area (Å²) in [5.74, 6) is 1.34. The SMILES string of the molecule is COc1cccc(NC(=O)[C@H]2Sc3nnc(C)n3N[C@@H]2c2ccc(C)cc2)c1. The number of nitrogens with one attached hydrogen (secondary N) is 2. The number of benzene rings is 2. The molecule has 0 radical (unpaired) electrons. The van der Waals surface area contributed by atoms with Crippen LogP contribution in [0.1, 0.15) is 23.0 Å². The number of aromatic nitrogens is 3. The highest BCUT2D eigenvalue weighted by molar-refractivity contribution is 8.00. The van der Waals surface area contributed by atoms with Gasteiger partial charge in [0, 0.05) is 11.8 Å². The van der Waals surface area contributed by atoms with E-state index in [4.69, 9.17) is 4.74 Å². The van der Waals surface area contributed by atoms with Gasteiger partial charge in [-0.25, -0.2) is 4.68 Å². The first kappa shape index (κ1) is 18.4. The van der Waals surface area contributed by atoms with E-state index in [9.17, 15) is 4.79 Å². The minimum absolute atomic E-state index is 0.108. The molecule has 0 aliphatic carbocycles. The van der Waals surface area contributed by atoms with Crippen LogP contribution in [0.2, 0.25) is 0 Å². The number of anilines is 1.